The van der Waals surface area contributed by atoms with Gasteiger partial charge >= 0.3 is 0 Å². The highest BCUT2D eigenvalue weighted by molar-refractivity contribution is 5.93. The summed E-state index contributed by atoms with van der Waals surface area (Å²) in [5, 5.41) is 0. The lowest BCUT2D eigenvalue weighted by Gasteiger charge is -2.25. The minimum absolute atomic E-state index is 0.113. The van der Waals surface area contributed by atoms with E-state index in [-0.39, 0.29) is 17.5 Å². The van der Waals surface area contributed by atoms with Crippen LogP contribution in [0.5, 0.6) is 0 Å². The maximum Gasteiger partial charge on any atom is 0.255 e. The van der Waals surface area contributed by atoms with Gasteiger partial charge in [-0.25, -0.2) is 0 Å². The van der Waals surface area contributed by atoms with E-state index in [0.29, 0.717) is 11.3 Å². The van der Waals surface area contributed by atoms with E-state index < -0.39 is 0 Å². The highest BCUT2D eigenvalue weighted by atomic mass is 16.2. The molecule has 0 fully saturated rings. The summed E-state index contributed by atoms with van der Waals surface area (Å²) in [6.45, 7) is 1.93. The Kier molecular flexibility index (Phi) is 3.89. The SMILES string of the molecule is CC(c1cccc(N)c1)N(C)C(=O)c1ccc(=O)[nH]c1. The molecule has 2 rings (SSSR count). The van der Waals surface area contributed by atoms with Gasteiger partial charge in [-0.15, -0.1) is 0 Å². The van der Waals surface area contributed by atoms with Crippen LogP contribution in [0.15, 0.2) is 47.4 Å². The molecule has 0 spiro atoms. The topological polar surface area (TPSA) is 79.2 Å². The minimum Gasteiger partial charge on any atom is -0.399 e. The number of benzene rings is 1. The van der Waals surface area contributed by atoms with E-state index in [0.717, 1.165) is 5.56 Å². The van der Waals surface area contributed by atoms with E-state index >= 15 is 0 Å². The first-order valence-electron chi connectivity index (χ1n) is 6.30. The van der Waals surface area contributed by atoms with Gasteiger partial charge in [-0.3, -0.25) is 9.59 Å². The molecule has 104 valence electrons. The summed E-state index contributed by atoms with van der Waals surface area (Å²) in [6.07, 6.45) is 1.42. The van der Waals surface area contributed by atoms with Gasteiger partial charge in [0.1, 0.15) is 0 Å². The lowest BCUT2D eigenvalue weighted by atomic mass is 10.1. The molecule has 0 saturated carbocycles. The number of hydrogen-bond acceptors (Lipinski definition) is 3. The molecule has 0 saturated heterocycles. The van der Waals surface area contributed by atoms with Crippen molar-refractivity contribution in [1.29, 1.82) is 0 Å². The number of pyridine rings is 1. The van der Waals surface area contributed by atoms with Crippen LogP contribution in [0.3, 0.4) is 0 Å². The van der Waals surface area contributed by atoms with Crippen LogP contribution in [0.2, 0.25) is 0 Å². The Hall–Kier alpha value is -2.56. The lowest BCUT2D eigenvalue weighted by Crippen LogP contribution is -2.30. The highest BCUT2D eigenvalue weighted by Crippen LogP contribution is 2.22. The van der Waals surface area contributed by atoms with Gasteiger partial charge in [0.05, 0.1) is 11.6 Å². The van der Waals surface area contributed by atoms with E-state index in [4.69, 9.17) is 5.73 Å². The summed E-state index contributed by atoms with van der Waals surface area (Å²) in [7, 11) is 1.72. The number of hydrogen-bond donors (Lipinski definition) is 2. The lowest BCUT2D eigenvalue weighted by molar-refractivity contribution is 0.0742. The van der Waals surface area contributed by atoms with Crippen LogP contribution in [0.1, 0.15) is 28.9 Å². The number of carbonyl (C=O) groups excluding carboxylic acids is 1. The zero-order chi connectivity index (χ0) is 14.7. The summed E-state index contributed by atoms with van der Waals surface area (Å²) < 4.78 is 0. The number of carbonyl (C=O) groups is 1. The third-order valence-electron chi connectivity index (χ3n) is 3.33. The summed E-state index contributed by atoms with van der Waals surface area (Å²) in [5.41, 5.74) is 7.60. The molecule has 2 aromatic rings. The third kappa shape index (κ3) is 2.88. The summed E-state index contributed by atoms with van der Waals surface area (Å²) in [5.74, 6) is -0.156. The van der Waals surface area contributed by atoms with Crippen LogP contribution in [-0.4, -0.2) is 22.8 Å². The molecule has 0 bridgehead atoms. The largest absolute Gasteiger partial charge is 0.399 e. The fraction of sp³-hybridized carbons (Fsp3) is 0.200. The molecular formula is C15H17N3O2. The molecule has 1 amide bonds. The molecule has 1 aromatic carbocycles. The number of rotatable bonds is 3. The zero-order valence-electron chi connectivity index (χ0n) is 11.5. The van der Waals surface area contributed by atoms with Crippen molar-refractivity contribution >= 4 is 11.6 Å². The number of nitrogens with zero attached hydrogens (tertiary/aromatic N) is 1. The average molecular weight is 271 g/mol. The molecule has 1 atom stereocenters. The Labute approximate surface area is 117 Å². The van der Waals surface area contributed by atoms with Crippen molar-refractivity contribution in [2.45, 2.75) is 13.0 Å². The average Bonchev–Trinajstić information content (AvgIpc) is 2.46. The Morgan fingerprint density at radius 3 is 2.65 bits per heavy atom. The number of anilines is 1. The number of aromatic nitrogens is 1. The van der Waals surface area contributed by atoms with Gasteiger partial charge in [0.15, 0.2) is 0 Å². The monoisotopic (exact) mass is 271 g/mol. The number of nitrogen functional groups attached to an aromatic ring is 1. The molecular weight excluding hydrogens is 254 g/mol. The number of aromatic amines is 1. The number of nitrogens with two attached hydrogens (primary N) is 1. The van der Waals surface area contributed by atoms with Gasteiger partial charge in [0.2, 0.25) is 5.56 Å². The van der Waals surface area contributed by atoms with Gasteiger partial charge in [0.25, 0.3) is 5.91 Å². The molecule has 0 aliphatic carbocycles. The van der Waals surface area contributed by atoms with Crippen LogP contribution in [0.25, 0.3) is 0 Å². The Balaban J connectivity index is 2.22. The van der Waals surface area contributed by atoms with Crippen molar-refractivity contribution < 1.29 is 4.79 Å². The quantitative estimate of drug-likeness (QED) is 0.835. The van der Waals surface area contributed by atoms with Crippen LogP contribution < -0.4 is 11.3 Å². The van der Waals surface area contributed by atoms with E-state index in [1.54, 1.807) is 18.0 Å². The fourth-order valence-corrected chi connectivity index (χ4v) is 1.97. The second kappa shape index (κ2) is 5.61. The van der Waals surface area contributed by atoms with Crippen molar-refractivity contribution in [3.05, 3.63) is 64.1 Å². The molecule has 1 unspecified atom stereocenters. The van der Waals surface area contributed by atoms with Gasteiger partial charge in [-0.1, -0.05) is 12.1 Å². The predicted molar refractivity (Wildman–Crippen MR) is 78.4 cm³/mol. The van der Waals surface area contributed by atoms with E-state index in [1.807, 2.05) is 25.1 Å². The minimum atomic E-state index is -0.229. The van der Waals surface area contributed by atoms with Crippen molar-refractivity contribution in [1.82, 2.24) is 9.88 Å². The number of H-pyrrole nitrogens is 1. The van der Waals surface area contributed by atoms with Crippen LogP contribution in [-0.2, 0) is 0 Å². The second-order valence-electron chi connectivity index (χ2n) is 4.70. The molecule has 5 heteroatoms. The second-order valence-corrected chi connectivity index (χ2v) is 4.70. The summed E-state index contributed by atoms with van der Waals surface area (Å²) in [4.78, 5) is 27.5. The summed E-state index contributed by atoms with van der Waals surface area (Å²) in [6, 6.07) is 10.2. The Morgan fingerprint density at radius 2 is 2.05 bits per heavy atom. The van der Waals surface area contributed by atoms with E-state index in [2.05, 4.69) is 4.98 Å². The van der Waals surface area contributed by atoms with Crippen molar-refractivity contribution in [3.8, 4) is 0 Å². The molecule has 5 nitrogen and oxygen atoms in total. The number of amides is 1. The van der Waals surface area contributed by atoms with Crippen LogP contribution in [0, 0.1) is 0 Å². The van der Waals surface area contributed by atoms with Crippen molar-refractivity contribution in [2.75, 3.05) is 12.8 Å². The molecule has 3 N–H and O–H groups in total. The van der Waals surface area contributed by atoms with E-state index in [1.165, 1.54) is 18.3 Å². The van der Waals surface area contributed by atoms with Gasteiger partial charge in [0, 0.05) is 25.0 Å². The first kappa shape index (κ1) is 13.9. The fourth-order valence-electron chi connectivity index (χ4n) is 1.97. The maximum atomic E-state index is 12.3. The summed E-state index contributed by atoms with van der Waals surface area (Å²) >= 11 is 0. The molecule has 0 aliphatic heterocycles. The zero-order valence-corrected chi connectivity index (χ0v) is 11.5. The first-order valence-corrected chi connectivity index (χ1v) is 6.30. The van der Waals surface area contributed by atoms with Gasteiger partial charge < -0.3 is 15.6 Å². The standard InChI is InChI=1S/C15H17N3O2/c1-10(11-4-3-5-13(16)8-11)18(2)15(20)12-6-7-14(19)17-9-12/h3-10H,16H2,1-2H3,(H,17,19). The molecule has 1 aromatic heterocycles. The Bertz CT molecular complexity index is 658. The first-order chi connectivity index (χ1) is 9.49. The van der Waals surface area contributed by atoms with Crippen molar-refractivity contribution in [2.24, 2.45) is 0 Å². The van der Waals surface area contributed by atoms with E-state index in [9.17, 15) is 9.59 Å². The normalized spacial score (nSPS) is 11.9. The predicted octanol–water partition coefficient (Wildman–Crippen LogP) is 1.79. The third-order valence-corrected chi connectivity index (χ3v) is 3.33. The molecule has 20 heavy (non-hydrogen) atoms. The van der Waals surface area contributed by atoms with Gasteiger partial charge in [-0.05, 0) is 30.7 Å². The van der Waals surface area contributed by atoms with Crippen molar-refractivity contribution in [3.63, 3.8) is 0 Å². The molecule has 0 radical (unpaired) electrons. The highest BCUT2D eigenvalue weighted by Gasteiger charge is 2.19. The smallest absolute Gasteiger partial charge is 0.255 e. The van der Waals surface area contributed by atoms with Gasteiger partial charge in [-0.2, -0.15) is 0 Å². The maximum absolute atomic E-state index is 12.3. The van der Waals surface area contributed by atoms with Crippen LogP contribution >= 0.6 is 0 Å². The molecule has 0 aliphatic rings. The Morgan fingerprint density at radius 1 is 1.30 bits per heavy atom. The number of nitrogens with one attached hydrogen (secondary N) is 1. The molecule has 1 heterocycles. The van der Waals surface area contributed by atoms with Crippen LogP contribution in [0.4, 0.5) is 5.69 Å².